The maximum atomic E-state index is 12.7. The van der Waals surface area contributed by atoms with E-state index < -0.39 is 12.1 Å². The molecule has 1 aromatic carbocycles. The van der Waals surface area contributed by atoms with E-state index in [1.54, 1.807) is 35.5 Å². The molecule has 0 radical (unpaired) electrons. The maximum Gasteiger partial charge on any atom is 0.247 e. The lowest BCUT2D eigenvalue weighted by atomic mass is 10.0. The molecule has 1 N–H and O–H groups in total. The van der Waals surface area contributed by atoms with Crippen molar-refractivity contribution in [1.29, 1.82) is 0 Å². The molecule has 6 heteroatoms. The highest BCUT2D eigenvalue weighted by Crippen LogP contribution is 2.22. The molecule has 0 bridgehead atoms. The lowest BCUT2D eigenvalue weighted by Gasteiger charge is -2.31. The van der Waals surface area contributed by atoms with Crippen molar-refractivity contribution in [3.63, 3.8) is 0 Å². The normalized spacial score (nSPS) is 14.7. The smallest absolute Gasteiger partial charge is 0.247 e. The monoisotopic (exact) mass is 354 g/mol. The van der Waals surface area contributed by atoms with E-state index in [0.717, 1.165) is 9.94 Å². The van der Waals surface area contributed by atoms with E-state index in [0.29, 0.717) is 6.42 Å². The third-order valence-electron chi connectivity index (χ3n) is 3.84. The van der Waals surface area contributed by atoms with Crippen LogP contribution in [0.3, 0.4) is 0 Å². The number of aliphatic hydroxyl groups is 1. The molecule has 1 rings (SSSR count). The van der Waals surface area contributed by atoms with Gasteiger partial charge in [-0.15, -0.1) is 23.5 Å². The van der Waals surface area contributed by atoms with Crippen molar-refractivity contribution in [2.45, 2.75) is 38.5 Å². The van der Waals surface area contributed by atoms with Crippen LogP contribution >= 0.6 is 23.5 Å². The Morgan fingerprint density at radius 3 is 2.30 bits per heavy atom. The molecule has 0 fully saturated rings. The zero-order valence-electron chi connectivity index (χ0n) is 14.4. The fourth-order valence-corrected chi connectivity index (χ4v) is 3.35. The summed E-state index contributed by atoms with van der Waals surface area (Å²) in [5.74, 6) is -0.0596. The molecular weight excluding hydrogens is 328 g/mol. The lowest BCUT2D eigenvalue weighted by molar-refractivity contribution is -0.135. The van der Waals surface area contributed by atoms with Gasteiger partial charge in [-0.1, -0.05) is 37.3 Å². The Bertz CT molecular complexity index is 517. The summed E-state index contributed by atoms with van der Waals surface area (Å²) in [5.41, 5.74) is 0.810. The van der Waals surface area contributed by atoms with Gasteiger partial charge in [-0.3, -0.25) is 9.79 Å². The second-order valence-corrected chi connectivity index (χ2v) is 7.12. The minimum absolute atomic E-state index is 0.0596. The molecule has 4 nitrogen and oxygen atoms in total. The van der Waals surface area contributed by atoms with Gasteiger partial charge < -0.3 is 10.0 Å². The van der Waals surface area contributed by atoms with Gasteiger partial charge in [0.1, 0.15) is 10.4 Å². The van der Waals surface area contributed by atoms with Crippen LogP contribution in [-0.4, -0.2) is 51.9 Å². The van der Waals surface area contributed by atoms with Crippen LogP contribution < -0.4 is 0 Å². The third-order valence-corrected chi connectivity index (χ3v) is 5.75. The van der Waals surface area contributed by atoms with Crippen molar-refractivity contribution >= 4 is 33.8 Å². The Labute approximate surface area is 147 Å². The fraction of sp³-hybridized carbons (Fsp3) is 0.529. The van der Waals surface area contributed by atoms with Crippen LogP contribution in [0.4, 0.5) is 0 Å². The summed E-state index contributed by atoms with van der Waals surface area (Å²) >= 11 is 3.09. The molecule has 1 amide bonds. The summed E-state index contributed by atoms with van der Waals surface area (Å²) in [6, 6.07) is 8.69. The first-order valence-electron chi connectivity index (χ1n) is 7.61. The molecular formula is C17H26N2O2S2. The second-order valence-electron chi connectivity index (χ2n) is 5.27. The molecule has 0 saturated carbocycles. The van der Waals surface area contributed by atoms with Crippen molar-refractivity contribution in [3.05, 3.63) is 35.9 Å². The number of aliphatic hydroxyl groups excluding tert-OH is 1. The maximum absolute atomic E-state index is 12.7. The van der Waals surface area contributed by atoms with E-state index in [-0.39, 0.29) is 11.9 Å². The van der Waals surface area contributed by atoms with Gasteiger partial charge in [-0.05, 0) is 31.4 Å². The van der Waals surface area contributed by atoms with Gasteiger partial charge in [0.2, 0.25) is 5.91 Å². The number of carbonyl (C=O) groups is 1. The minimum Gasteiger partial charge on any atom is -0.386 e. The van der Waals surface area contributed by atoms with Crippen LogP contribution in [-0.2, 0) is 4.79 Å². The molecule has 0 aliphatic carbocycles. The predicted molar refractivity (Wildman–Crippen MR) is 102 cm³/mol. The zero-order chi connectivity index (χ0) is 17.4. The van der Waals surface area contributed by atoms with Gasteiger partial charge in [0.25, 0.3) is 0 Å². The molecule has 0 aromatic heterocycles. The van der Waals surface area contributed by atoms with E-state index in [1.165, 1.54) is 0 Å². The Morgan fingerprint density at radius 2 is 1.83 bits per heavy atom. The molecule has 0 unspecified atom stereocenters. The SMILES string of the molecule is CC[C@@H](N=C(SC)SC)C(=O)N(C)[C@@H](C)[C@@H](O)c1ccccc1. The van der Waals surface area contributed by atoms with Crippen molar-refractivity contribution in [1.82, 2.24) is 4.90 Å². The van der Waals surface area contributed by atoms with E-state index in [2.05, 4.69) is 4.99 Å². The first-order valence-corrected chi connectivity index (χ1v) is 10.1. The van der Waals surface area contributed by atoms with Crippen LogP contribution in [0.25, 0.3) is 0 Å². The van der Waals surface area contributed by atoms with Crippen LogP contribution in [0.1, 0.15) is 31.9 Å². The predicted octanol–water partition coefficient (Wildman–Crippen LogP) is 3.43. The van der Waals surface area contributed by atoms with Gasteiger partial charge in [0, 0.05) is 7.05 Å². The number of nitrogens with zero attached hydrogens (tertiary/aromatic N) is 2. The first-order chi connectivity index (χ1) is 11.0. The number of amides is 1. The summed E-state index contributed by atoms with van der Waals surface area (Å²) in [6.07, 6.45) is 3.84. The highest BCUT2D eigenvalue weighted by atomic mass is 32.2. The molecule has 1 aromatic rings. The lowest BCUT2D eigenvalue weighted by Crippen LogP contribution is -2.43. The van der Waals surface area contributed by atoms with Crippen molar-refractivity contribution in [2.75, 3.05) is 19.6 Å². The fourth-order valence-electron chi connectivity index (χ4n) is 2.21. The number of hydrogen-bond acceptors (Lipinski definition) is 5. The van der Waals surface area contributed by atoms with E-state index in [9.17, 15) is 9.90 Å². The number of carbonyl (C=O) groups excluding carboxylic acids is 1. The highest BCUT2D eigenvalue weighted by Gasteiger charge is 2.28. The number of likely N-dealkylation sites (N-methyl/N-ethyl adjacent to an activating group) is 1. The Morgan fingerprint density at radius 1 is 1.26 bits per heavy atom. The topological polar surface area (TPSA) is 52.9 Å². The van der Waals surface area contributed by atoms with E-state index in [4.69, 9.17) is 0 Å². The molecule has 0 heterocycles. The van der Waals surface area contributed by atoms with Crippen LogP contribution in [0.5, 0.6) is 0 Å². The summed E-state index contributed by atoms with van der Waals surface area (Å²) in [5, 5.41) is 10.5. The van der Waals surface area contributed by atoms with E-state index in [1.807, 2.05) is 56.7 Å². The quantitative estimate of drug-likeness (QED) is 0.628. The molecule has 0 saturated heterocycles. The average Bonchev–Trinajstić information content (AvgIpc) is 2.61. The molecule has 3 atom stereocenters. The van der Waals surface area contributed by atoms with Crippen molar-refractivity contribution in [3.8, 4) is 0 Å². The highest BCUT2D eigenvalue weighted by molar-refractivity contribution is 8.38. The average molecular weight is 355 g/mol. The van der Waals surface area contributed by atoms with Gasteiger partial charge in [0.15, 0.2) is 0 Å². The molecule has 0 aliphatic heterocycles. The molecule has 23 heavy (non-hydrogen) atoms. The standard InChI is InChI=1S/C17H26N2O2S2/c1-6-14(18-17(22-4)23-5)16(21)19(3)12(2)15(20)13-10-8-7-9-11-13/h7-12,14-15,20H,6H2,1-5H3/t12-,14+,15+/m0/s1. The minimum atomic E-state index is -0.716. The Kier molecular flexibility index (Phi) is 8.73. The van der Waals surface area contributed by atoms with Gasteiger partial charge in [-0.2, -0.15) is 0 Å². The zero-order valence-corrected chi connectivity index (χ0v) is 16.0. The largest absolute Gasteiger partial charge is 0.386 e. The van der Waals surface area contributed by atoms with E-state index >= 15 is 0 Å². The molecule has 128 valence electrons. The first kappa shape index (κ1) is 20.1. The van der Waals surface area contributed by atoms with Crippen molar-refractivity contribution in [2.24, 2.45) is 4.99 Å². The Balaban J connectivity index is 2.87. The van der Waals surface area contributed by atoms with Gasteiger partial charge in [0.05, 0.1) is 12.1 Å². The number of rotatable bonds is 6. The third kappa shape index (κ3) is 5.55. The van der Waals surface area contributed by atoms with Gasteiger partial charge >= 0.3 is 0 Å². The summed E-state index contributed by atoms with van der Waals surface area (Å²) in [7, 11) is 1.73. The molecule has 0 aliphatic rings. The van der Waals surface area contributed by atoms with Crippen LogP contribution in [0.2, 0.25) is 0 Å². The van der Waals surface area contributed by atoms with Crippen molar-refractivity contribution < 1.29 is 9.90 Å². The number of hydrogen-bond donors (Lipinski definition) is 1. The summed E-state index contributed by atoms with van der Waals surface area (Å²) < 4.78 is 0.898. The van der Waals surface area contributed by atoms with Crippen LogP contribution in [0.15, 0.2) is 35.3 Å². The number of thioether (sulfide) groups is 2. The second kappa shape index (κ2) is 10.0. The summed E-state index contributed by atoms with van der Waals surface area (Å²) in [4.78, 5) is 18.8. The molecule has 0 spiro atoms. The Hall–Kier alpha value is -0.980. The number of benzene rings is 1. The van der Waals surface area contributed by atoms with Gasteiger partial charge in [-0.25, -0.2) is 0 Å². The number of aliphatic imine (C=N–C) groups is 1. The van der Waals surface area contributed by atoms with Crippen LogP contribution in [0, 0.1) is 0 Å². The summed E-state index contributed by atoms with van der Waals surface area (Å²) in [6.45, 7) is 3.81.